The first-order valence-electron chi connectivity index (χ1n) is 9.13. The van der Waals surface area contributed by atoms with Crippen LogP contribution in [-0.4, -0.2) is 37.1 Å². The minimum absolute atomic E-state index is 0.333. The van der Waals surface area contributed by atoms with Crippen molar-refractivity contribution >= 4 is 40.7 Å². The van der Waals surface area contributed by atoms with E-state index in [1.807, 2.05) is 25.1 Å². The topological polar surface area (TPSA) is 59.6 Å². The van der Waals surface area contributed by atoms with E-state index in [9.17, 15) is 4.79 Å². The fourth-order valence-corrected chi connectivity index (χ4v) is 3.47. The lowest BCUT2D eigenvalue weighted by atomic mass is 10.1. The molecule has 28 heavy (non-hydrogen) atoms. The van der Waals surface area contributed by atoms with Crippen molar-refractivity contribution in [3.05, 3.63) is 53.6 Å². The smallest absolute Gasteiger partial charge is 0.338 e. The van der Waals surface area contributed by atoms with Gasteiger partial charge < -0.3 is 20.1 Å². The van der Waals surface area contributed by atoms with Crippen LogP contribution in [0.15, 0.2) is 47.4 Å². The standard InChI is InChI=1S/C21H26N2O3S2/c1-4-26-20(24)16-7-6-15(2)19(14-16)23-21(27)22-12-5-13-28-18-10-8-17(25-3)9-11-18/h6-11,14H,4-5,12-13H2,1-3H3,(H2,22,23,27). The summed E-state index contributed by atoms with van der Waals surface area (Å²) in [5, 5.41) is 6.91. The van der Waals surface area contributed by atoms with Crippen LogP contribution in [0.1, 0.15) is 29.3 Å². The van der Waals surface area contributed by atoms with Gasteiger partial charge in [0.2, 0.25) is 0 Å². The van der Waals surface area contributed by atoms with Crippen LogP contribution in [0.5, 0.6) is 5.75 Å². The number of anilines is 1. The molecule has 0 saturated carbocycles. The van der Waals surface area contributed by atoms with Gasteiger partial charge in [0, 0.05) is 17.1 Å². The molecule has 7 heteroatoms. The zero-order chi connectivity index (χ0) is 20.4. The van der Waals surface area contributed by atoms with Crippen LogP contribution < -0.4 is 15.4 Å². The van der Waals surface area contributed by atoms with Gasteiger partial charge in [-0.25, -0.2) is 4.79 Å². The minimum Gasteiger partial charge on any atom is -0.497 e. The molecule has 2 aromatic rings. The molecule has 150 valence electrons. The molecule has 2 N–H and O–H groups in total. The Morgan fingerprint density at radius 3 is 2.61 bits per heavy atom. The Morgan fingerprint density at radius 2 is 1.93 bits per heavy atom. The zero-order valence-electron chi connectivity index (χ0n) is 16.4. The van der Waals surface area contributed by atoms with Gasteiger partial charge in [0.25, 0.3) is 0 Å². The maximum atomic E-state index is 11.9. The van der Waals surface area contributed by atoms with Crippen molar-refractivity contribution in [1.29, 1.82) is 0 Å². The number of carbonyl (C=O) groups excluding carboxylic acids is 1. The van der Waals surface area contributed by atoms with E-state index in [0.717, 1.165) is 35.7 Å². The SMILES string of the molecule is CCOC(=O)c1ccc(C)c(NC(=S)NCCCSc2ccc(OC)cc2)c1. The monoisotopic (exact) mass is 418 g/mol. The van der Waals surface area contributed by atoms with E-state index in [4.69, 9.17) is 21.7 Å². The van der Waals surface area contributed by atoms with E-state index in [1.54, 1.807) is 37.9 Å². The van der Waals surface area contributed by atoms with Crippen molar-refractivity contribution in [1.82, 2.24) is 5.32 Å². The number of aryl methyl sites for hydroxylation is 1. The molecule has 0 amide bonds. The van der Waals surface area contributed by atoms with Gasteiger partial charge in [0.05, 0.1) is 19.3 Å². The Kier molecular flexibility index (Phi) is 9.10. The Morgan fingerprint density at radius 1 is 1.18 bits per heavy atom. The van der Waals surface area contributed by atoms with Crippen LogP contribution in [0.3, 0.4) is 0 Å². The number of rotatable bonds is 9. The average Bonchev–Trinajstić information content (AvgIpc) is 2.70. The maximum Gasteiger partial charge on any atom is 0.338 e. The van der Waals surface area contributed by atoms with Crippen molar-refractivity contribution in [2.24, 2.45) is 0 Å². The van der Waals surface area contributed by atoms with Crippen molar-refractivity contribution in [2.45, 2.75) is 25.2 Å². The molecule has 0 radical (unpaired) electrons. The maximum absolute atomic E-state index is 11.9. The van der Waals surface area contributed by atoms with Crippen LogP contribution >= 0.6 is 24.0 Å². The number of methoxy groups -OCH3 is 1. The summed E-state index contributed by atoms with van der Waals surface area (Å²) in [5.74, 6) is 1.52. The second-order valence-electron chi connectivity index (χ2n) is 6.01. The summed E-state index contributed by atoms with van der Waals surface area (Å²) < 4.78 is 10.2. The average molecular weight is 419 g/mol. The number of benzene rings is 2. The van der Waals surface area contributed by atoms with Gasteiger partial charge in [-0.15, -0.1) is 11.8 Å². The number of thioether (sulfide) groups is 1. The fraction of sp³-hybridized carbons (Fsp3) is 0.333. The molecule has 0 aliphatic carbocycles. The summed E-state index contributed by atoms with van der Waals surface area (Å²) in [6, 6.07) is 13.4. The van der Waals surface area contributed by atoms with Crippen molar-refractivity contribution in [2.75, 3.05) is 31.3 Å². The highest BCUT2D eigenvalue weighted by Crippen LogP contribution is 2.21. The van der Waals surface area contributed by atoms with Gasteiger partial charge in [-0.1, -0.05) is 6.07 Å². The summed E-state index contributed by atoms with van der Waals surface area (Å²) >= 11 is 7.16. The van der Waals surface area contributed by atoms with E-state index in [0.29, 0.717) is 17.3 Å². The third-order valence-electron chi connectivity index (χ3n) is 3.93. The van der Waals surface area contributed by atoms with Gasteiger partial charge in [0.1, 0.15) is 5.75 Å². The highest BCUT2D eigenvalue weighted by molar-refractivity contribution is 7.99. The summed E-state index contributed by atoms with van der Waals surface area (Å²) in [6.07, 6.45) is 0.973. The number of hydrogen-bond acceptors (Lipinski definition) is 5. The summed E-state index contributed by atoms with van der Waals surface area (Å²) in [7, 11) is 1.67. The number of ether oxygens (including phenoxy) is 2. The Bertz CT molecular complexity index is 795. The molecule has 0 aliphatic rings. The van der Waals surface area contributed by atoms with E-state index >= 15 is 0 Å². The first-order chi connectivity index (χ1) is 13.5. The molecular weight excluding hydrogens is 392 g/mol. The Balaban J connectivity index is 1.74. The second kappa shape index (κ2) is 11.6. The molecule has 0 atom stereocenters. The molecule has 0 bridgehead atoms. The fourth-order valence-electron chi connectivity index (χ4n) is 2.40. The lowest BCUT2D eigenvalue weighted by molar-refractivity contribution is 0.0526. The second-order valence-corrected chi connectivity index (χ2v) is 7.59. The van der Waals surface area contributed by atoms with Gasteiger partial charge in [-0.2, -0.15) is 0 Å². The lowest BCUT2D eigenvalue weighted by Crippen LogP contribution is -2.29. The molecule has 5 nitrogen and oxygen atoms in total. The minimum atomic E-state index is -0.333. The molecule has 0 saturated heterocycles. The predicted octanol–water partition coefficient (Wildman–Crippen LogP) is 4.65. The zero-order valence-corrected chi connectivity index (χ0v) is 18.0. The van der Waals surface area contributed by atoms with Crippen molar-refractivity contribution in [3.8, 4) is 5.75 Å². The van der Waals surface area contributed by atoms with Gasteiger partial charge >= 0.3 is 5.97 Å². The van der Waals surface area contributed by atoms with Crippen LogP contribution in [0, 0.1) is 6.92 Å². The van der Waals surface area contributed by atoms with E-state index in [-0.39, 0.29) is 5.97 Å². The van der Waals surface area contributed by atoms with Crippen molar-refractivity contribution in [3.63, 3.8) is 0 Å². The molecule has 0 unspecified atom stereocenters. The molecule has 0 aromatic heterocycles. The van der Waals surface area contributed by atoms with Gasteiger partial charge in [-0.05, 0) is 80.2 Å². The van der Waals surface area contributed by atoms with Gasteiger partial charge in [-0.3, -0.25) is 0 Å². The summed E-state index contributed by atoms with van der Waals surface area (Å²) in [5.41, 5.74) is 2.32. The van der Waals surface area contributed by atoms with Crippen molar-refractivity contribution < 1.29 is 14.3 Å². The van der Waals surface area contributed by atoms with E-state index in [2.05, 4.69) is 22.8 Å². The van der Waals surface area contributed by atoms with Gasteiger partial charge in [0.15, 0.2) is 5.11 Å². The molecule has 2 rings (SSSR count). The van der Waals surface area contributed by atoms with E-state index in [1.165, 1.54) is 4.90 Å². The normalized spacial score (nSPS) is 10.2. The number of hydrogen-bond donors (Lipinski definition) is 2. The Labute approximate surface area is 176 Å². The predicted molar refractivity (Wildman–Crippen MR) is 120 cm³/mol. The number of thiocarbonyl (C=S) groups is 1. The molecule has 0 fully saturated rings. The van der Waals surface area contributed by atoms with Crippen LogP contribution in [-0.2, 0) is 4.74 Å². The molecule has 0 heterocycles. The van der Waals surface area contributed by atoms with Crippen LogP contribution in [0.25, 0.3) is 0 Å². The third kappa shape index (κ3) is 7.05. The first kappa shape index (κ1) is 22.0. The Hall–Kier alpha value is -2.25. The third-order valence-corrected chi connectivity index (χ3v) is 5.28. The molecule has 0 spiro atoms. The van der Waals surface area contributed by atoms with Crippen LogP contribution in [0.2, 0.25) is 0 Å². The number of esters is 1. The number of carbonyl (C=O) groups is 1. The highest BCUT2D eigenvalue weighted by Gasteiger charge is 2.09. The number of nitrogens with one attached hydrogen (secondary N) is 2. The lowest BCUT2D eigenvalue weighted by Gasteiger charge is -2.13. The highest BCUT2D eigenvalue weighted by atomic mass is 32.2. The molecular formula is C21H26N2O3S2. The van der Waals surface area contributed by atoms with E-state index < -0.39 is 0 Å². The molecule has 0 aliphatic heterocycles. The quantitative estimate of drug-likeness (QED) is 0.266. The van der Waals surface area contributed by atoms with Crippen LogP contribution in [0.4, 0.5) is 5.69 Å². The molecule has 2 aromatic carbocycles. The summed E-state index contributed by atoms with van der Waals surface area (Å²) in [4.78, 5) is 13.1. The summed E-state index contributed by atoms with van der Waals surface area (Å²) in [6.45, 7) is 4.87. The first-order valence-corrected chi connectivity index (χ1v) is 10.5. The largest absolute Gasteiger partial charge is 0.497 e.